The van der Waals surface area contributed by atoms with Crippen LogP contribution in [0, 0.1) is 11.8 Å². The third kappa shape index (κ3) is 4.64. The van der Waals surface area contributed by atoms with Crippen LogP contribution in [-0.2, 0) is 38.0 Å². The minimum absolute atomic E-state index is 0.0628. The summed E-state index contributed by atoms with van der Waals surface area (Å²) in [7, 11) is 0. The molecule has 0 unspecified atom stereocenters. The van der Waals surface area contributed by atoms with Crippen LogP contribution < -0.4 is 0 Å². The van der Waals surface area contributed by atoms with Crippen LogP contribution in [0.15, 0.2) is 60.7 Å². The van der Waals surface area contributed by atoms with Crippen LogP contribution in [0.4, 0.5) is 0 Å². The van der Waals surface area contributed by atoms with Crippen LogP contribution in [0.5, 0.6) is 0 Å². The molecule has 8 nitrogen and oxygen atoms in total. The predicted molar refractivity (Wildman–Crippen MR) is 137 cm³/mol. The summed E-state index contributed by atoms with van der Waals surface area (Å²) in [6.07, 6.45) is -1.43. The van der Waals surface area contributed by atoms with Gasteiger partial charge < -0.3 is 28.4 Å². The van der Waals surface area contributed by atoms with Crippen molar-refractivity contribution in [1.29, 1.82) is 0 Å². The smallest absolute Gasteiger partial charge is 0.310 e. The Balaban J connectivity index is 1.46. The molecule has 2 saturated heterocycles. The average molecular weight is 525 g/mol. The second kappa shape index (κ2) is 10.8. The van der Waals surface area contributed by atoms with Crippen LogP contribution in [0.1, 0.15) is 50.7 Å². The van der Waals surface area contributed by atoms with E-state index >= 15 is 0 Å². The van der Waals surface area contributed by atoms with E-state index in [0.29, 0.717) is 13.2 Å². The quantitative estimate of drug-likeness (QED) is 0.520. The normalized spacial score (nSPS) is 37.2. The highest BCUT2D eigenvalue weighted by molar-refractivity contribution is 5.87. The molecule has 2 aromatic carbocycles. The van der Waals surface area contributed by atoms with Crippen molar-refractivity contribution in [3.8, 4) is 0 Å². The minimum Gasteiger partial charge on any atom is -0.463 e. The number of hydrogen-bond acceptors (Lipinski definition) is 8. The standard InChI is InChI=1S/C30H36O8/c1-5-35-29(3)30(4,36-6-2)38-22-18-34-28(32)26-24(20-15-11-8-12-16-20)23(19-13-9-7-10-14-19)25(26)27(31)33-17-21(22)37-29/h7-16,21-26H,5-6,17-18H2,1-4H3/t21-,22-,23-,24-,25+,26+,29+,30+/m0/s1. The highest BCUT2D eigenvalue weighted by Crippen LogP contribution is 2.59. The maximum absolute atomic E-state index is 13.6. The van der Waals surface area contributed by atoms with Gasteiger partial charge in [0.2, 0.25) is 11.6 Å². The fourth-order valence-electron chi connectivity index (χ4n) is 6.14. The van der Waals surface area contributed by atoms with E-state index in [1.165, 1.54) is 0 Å². The number of cyclic esters (lactones) is 2. The molecule has 2 heterocycles. The summed E-state index contributed by atoms with van der Waals surface area (Å²) in [4.78, 5) is 27.2. The van der Waals surface area contributed by atoms with Gasteiger partial charge in [0.15, 0.2) is 0 Å². The highest BCUT2D eigenvalue weighted by Gasteiger charge is 2.62. The second-order valence-corrected chi connectivity index (χ2v) is 10.3. The molecule has 0 radical (unpaired) electrons. The molecule has 0 amide bonds. The fraction of sp³-hybridized carbons (Fsp3) is 0.533. The molecule has 204 valence electrons. The van der Waals surface area contributed by atoms with Crippen LogP contribution >= 0.6 is 0 Å². The van der Waals surface area contributed by atoms with Crippen LogP contribution in [0.25, 0.3) is 0 Å². The van der Waals surface area contributed by atoms with E-state index in [4.69, 9.17) is 28.4 Å². The summed E-state index contributed by atoms with van der Waals surface area (Å²) in [6.45, 7) is 7.78. The van der Waals surface area contributed by atoms with Gasteiger partial charge in [-0.1, -0.05) is 60.7 Å². The van der Waals surface area contributed by atoms with Gasteiger partial charge in [-0.3, -0.25) is 9.59 Å². The van der Waals surface area contributed by atoms with Crippen molar-refractivity contribution in [2.75, 3.05) is 26.4 Å². The van der Waals surface area contributed by atoms with Gasteiger partial charge in [0.05, 0.1) is 11.8 Å². The lowest BCUT2D eigenvalue weighted by molar-refractivity contribution is -0.458. The van der Waals surface area contributed by atoms with Crippen molar-refractivity contribution < 1.29 is 38.0 Å². The van der Waals surface area contributed by atoms with Crippen molar-refractivity contribution in [2.45, 2.75) is 63.3 Å². The maximum Gasteiger partial charge on any atom is 0.310 e. The summed E-state index contributed by atoms with van der Waals surface area (Å²) in [5.74, 6) is -5.23. The molecule has 3 fully saturated rings. The van der Waals surface area contributed by atoms with Gasteiger partial charge in [0.25, 0.3) is 0 Å². The lowest BCUT2D eigenvalue weighted by Crippen LogP contribution is -2.67. The van der Waals surface area contributed by atoms with Gasteiger partial charge in [-0.05, 0) is 38.8 Å². The molecule has 38 heavy (non-hydrogen) atoms. The van der Waals surface area contributed by atoms with Crippen molar-refractivity contribution in [3.63, 3.8) is 0 Å². The van der Waals surface area contributed by atoms with E-state index in [-0.39, 0.29) is 25.0 Å². The summed E-state index contributed by atoms with van der Waals surface area (Å²) >= 11 is 0. The topological polar surface area (TPSA) is 89.5 Å². The van der Waals surface area contributed by atoms with Crippen molar-refractivity contribution in [1.82, 2.24) is 0 Å². The summed E-state index contributed by atoms with van der Waals surface area (Å²) in [5.41, 5.74) is 1.96. The first-order valence-corrected chi connectivity index (χ1v) is 13.4. The molecule has 3 aliphatic rings. The molecule has 8 atom stereocenters. The number of hydrogen-bond donors (Lipinski definition) is 0. The molecule has 1 saturated carbocycles. The summed E-state index contributed by atoms with van der Waals surface area (Å²) in [6, 6.07) is 19.6. The zero-order valence-electron chi connectivity index (χ0n) is 22.3. The van der Waals surface area contributed by atoms with Gasteiger partial charge >= 0.3 is 11.9 Å². The van der Waals surface area contributed by atoms with Crippen molar-refractivity contribution in [3.05, 3.63) is 71.8 Å². The Bertz CT molecular complexity index is 1030. The third-order valence-corrected chi connectivity index (χ3v) is 8.07. The number of rotatable bonds is 6. The Kier molecular flexibility index (Phi) is 7.60. The minimum atomic E-state index is -1.26. The monoisotopic (exact) mass is 524 g/mol. The second-order valence-electron chi connectivity index (χ2n) is 10.3. The van der Waals surface area contributed by atoms with Crippen molar-refractivity contribution in [2.24, 2.45) is 11.8 Å². The molecule has 0 aromatic heterocycles. The molecule has 2 aliphatic heterocycles. The Morgan fingerprint density at radius 1 is 0.658 bits per heavy atom. The van der Waals surface area contributed by atoms with Gasteiger partial charge in [-0.25, -0.2) is 0 Å². The number of esters is 2. The van der Waals surface area contributed by atoms with E-state index in [2.05, 4.69) is 0 Å². The molecular weight excluding hydrogens is 488 g/mol. The van der Waals surface area contributed by atoms with E-state index in [0.717, 1.165) is 11.1 Å². The fourth-order valence-corrected chi connectivity index (χ4v) is 6.14. The van der Waals surface area contributed by atoms with Crippen LogP contribution in [-0.4, -0.2) is 62.1 Å². The molecule has 0 N–H and O–H groups in total. The molecule has 5 rings (SSSR count). The Hall–Kier alpha value is -2.78. The molecule has 8 heteroatoms. The van der Waals surface area contributed by atoms with E-state index < -0.39 is 47.6 Å². The first-order valence-electron chi connectivity index (χ1n) is 13.4. The van der Waals surface area contributed by atoms with Gasteiger partial charge in [0.1, 0.15) is 25.4 Å². The molecule has 1 aliphatic carbocycles. The third-order valence-electron chi connectivity index (χ3n) is 8.07. The summed E-state index contributed by atoms with van der Waals surface area (Å²) in [5, 5.41) is 0. The van der Waals surface area contributed by atoms with Crippen molar-refractivity contribution >= 4 is 11.9 Å². The van der Waals surface area contributed by atoms with Gasteiger partial charge in [-0.15, -0.1) is 0 Å². The Labute approximate surface area is 223 Å². The average Bonchev–Trinajstić information content (AvgIpc) is 2.89. The zero-order chi connectivity index (χ0) is 26.9. The first-order chi connectivity index (χ1) is 18.3. The number of carbonyl (C=O) groups excluding carboxylic acids is 2. The van der Waals surface area contributed by atoms with E-state index in [1.807, 2.05) is 74.5 Å². The largest absolute Gasteiger partial charge is 0.463 e. The maximum atomic E-state index is 13.6. The Morgan fingerprint density at radius 2 is 1.03 bits per heavy atom. The van der Waals surface area contributed by atoms with Gasteiger partial charge in [-0.2, -0.15) is 0 Å². The molecule has 0 spiro atoms. The molecular formula is C30H36O8. The first kappa shape index (κ1) is 26.8. The SMILES string of the molecule is CCO[C@]1(C)O[C@H]2COC(=O)[C@H]3[C@H](C(=O)OC[C@@H]2O[C@@]1(C)OCC)[C@@H](c1ccccc1)[C@@H]3c1ccccc1. The number of fused-ring (bicyclic) bond motifs is 2. The lowest BCUT2D eigenvalue weighted by Gasteiger charge is -2.53. The Morgan fingerprint density at radius 3 is 1.37 bits per heavy atom. The van der Waals surface area contributed by atoms with Crippen LogP contribution in [0.2, 0.25) is 0 Å². The number of ether oxygens (including phenoxy) is 6. The predicted octanol–water partition coefficient (Wildman–Crippen LogP) is 4.19. The number of benzene rings is 2. The number of carbonyl (C=O) groups is 2. The molecule has 0 bridgehead atoms. The molecule has 2 aromatic rings. The van der Waals surface area contributed by atoms with Gasteiger partial charge in [0, 0.05) is 25.0 Å². The lowest BCUT2D eigenvalue weighted by atomic mass is 9.52. The zero-order valence-corrected chi connectivity index (χ0v) is 22.3. The summed E-state index contributed by atoms with van der Waals surface area (Å²) < 4.78 is 36.3. The van der Waals surface area contributed by atoms with E-state index in [9.17, 15) is 9.59 Å². The highest BCUT2D eigenvalue weighted by atomic mass is 16.8. The van der Waals surface area contributed by atoms with E-state index in [1.54, 1.807) is 13.8 Å². The van der Waals surface area contributed by atoms with Crippen LogP contribution in [0.3, 0.4) is 0 Å².